The summed E-state index contributed by atoms with van der Waals surface area (Å²) in [6, 6.07) is 15.3. The molecule has 1 aromatic heterocycles. The maximum Gasteiger partial charge on any atom is 0.407 e. The Morgan fingerprint density at radius 1 is 0.957 bits per heavy atom. The monoisotopic (exact) mass is 616 g/mol. The molecule has 7 nitrogen and oxygen atoms in total. The molecule has 3 unspecified atom stereocenters. The molecule has 3 aliphatic carbocycles. The zero-order valence-electron chi connectivity index (χ0n) is 27.4. The van der Waals surface area contributed by atoms with Gasteiger partial charge >= 0.3 is 6.09 Å². The van der Waals surface area contributed by atoms with Crippen molar-refractivity contribution in [2.75, 3.05) is 13.7 Å². The molecular weight excluding hydrogens is 572 g/mol. The van der Waals surface area contributed by atoms with E-state index in [-0.39, 0.29) is 17.9 Å². The minimum atomic E-state index is -0.648. The average Bonchev–Trinajstić information content (AvgIpc) is 3.84. The third-order valence-corrected chi connectivity index (χ3v) is 11.5. The maximum atomic E-state index is 13.7. The molecule has 0 bridgehead atoms. The van der Waals surface area contributed by atoms with Crippen LogP contribution in [-0.4, -0.2) is 46.6 Å². The Morgan fingerprint density at radius 2 is 1.76 bits per heavy atom. The molecule has 238 valence electrons. The van der Waals surface area contributed by atoms with Gasteiger partial charge in [0.1, 0.15) is 11.9 Å². The molecule has 0 radical (unpaired) electrons. The summed E-state index contributed by atoms with van der Waals surface area (Å²) in [5.41, 5.74) is 15.2. The van der Waals surface area contributed by atoms with Crippen LogP contribution in [0, 0.1) is 18.8 Å². The molecule has 2 N–H and O–H groups in total. The minimum Gasteiger partial charge on any atom is -0.453 e. The number of amides is 2. The largest absolute Gasteiger partial charge is 0.453 e. The van der Waals surface area contributed by atoms with Crippen LogP contribution in [0.1, 0.15) is 91.6 Å². The highest BCUT2D eigenvalue weighted by Crippen LogP contribution is 2.56. The molecule has 46 heavy (non-hydrogen) atoms. The van der Waals surface area contributed by atoms with E-state index in [2.05, 4.69) is 59.7 Å². The molecule has 8 rings (SSSR count). The summed E-state index contributed by atoms with van der Waals surface area (Å²) in [5, 5.41) is 2.74. The number of rotatable bonds is 6. The van der Waals surface area contributed by atoms with Crippen molar-refractivity contribution in [1.29, 1.82) is 0 Å². The van der Waals surface area contributed by atoms with Gasteiger partial charge in [0.05, 0.1) is 24.2 Å². The van der Waals surface area contributed by atoms with Gasteiger partial charge < -0.3 is 19.9 Å². The number of methoxy groups -OCH3 is 1. The number of nitrogens with zero attached hydrogens (tertiary/aromatic N) is 2. The Hall–Kier alpha value is -4.13. The van der Waals surface area contributed by atoms with Gasteiger partial charge in [0.25, 0.3) is 0 Å². The van der Waals surface area contributed by atoms with E-state index in [0.29, 0.717) is 12.5 Å². The van der Waals surface area contributed by atoms with Gasteiger partial charge in [-0.05, 0) is 138 Å². The lowest BCUT2D eigenvalue weighted by atomic mass is 9.72. The Kier molecular flexibility index (Phi) is 7.18. The Bertz CT molecular complexity index is 1870. The Balaban J connectivity index is 1.13. The van der Waals surface area contributed by atoms with Crippen LogP contribution in [0.3, 0.4) is 0 Å². The number of hydrogen-bond donors (Lipinski definition) is 2. The topological polar surface area (TPSA) is 87.3 Å². The highest BCUT2D eigenvalue weighted by molar-refractivity contribution is 5.88. The SMILES string of the molecule is COC(=O)N[C@H](C(=O)N1CCCC1c1nc2ccc(-c3ccc(-c4ccc(C)c5c4CCC5)c4c3CC3CCC43)cc2[nH]1)C(C)C. The summed E-state index contributed by atoms with van der Waals surface area (Å²) in [6.07, 6.45) is 8.61. The Labute approximate surface area is 271 Å². The van der Waals surface area contributed by atoms with Crippen LogP contribution in [0.25, 0.3) is 33.3 Å². The number of hydrogen-bond acceptors (Lipinski definition) is 4. The fourth-order valence-corrected chi connectivity index (χ4v) is 8.95. The van der Waals surface area contributed by atoms with E-state index in [4.69, 9.17) is 9.72 Å². The molecular formula is C39H44N4O3. The molecule has 2 fully saturated rings. The third-order valence-electron chi connectivity index (χ3n) is 11.5. The summed E-state index contributed by atoms with van der Waals surface area (Å²) in [4.78, 5) is 36.1. The first kappa shape index (κ1) is 29.3. The van der Waals surface area contributed by atoms with Crippen molar-refractivity contribution in [3.63, 3.8) is 0 Å². The van der Waals surface area contributed by atoms with Crippen LogP contribution in [-0.2, 0) is 28.8 Å². The molecule has 2 heterocycles. The lowest BCUT2D eigenvalue weighted by Gasteiger charge is -2.32. The van der Waals surface area contributed by atoms with E-state index in [1.807, 2.05) is 18.7 Å². The molecule has 1 aliphatic heterocycles. The fraction of sp³-hybridized carbons (Fsp3) is 0.462. The quantitative estimate of drug-likeness (QED) is 0.232. The summed E-state index contributed by atoms with van der Waals surface area (Å²) < 4.78 is 4.80. The molecule has 0 spiro atoms. The number of imidazole rings is 1. The second-order valence-corrected chi connectivity index (χ2v) is 14.3. The molecule has 7 heteroatoms. The van der Waals surface area contributed by atoms with E-state index >= 15 is 0 Å². The highest BCUT2D eigenvalue weighted by Gasteiger charge is 2.42. The van der Waals surface area contributed by atoms with E-state index in [1.54, 1.807) is 22.3 Å². The van der Waals surface area contributed by atoms with Crippen molar-refractivity contribution < 1.29 is 14.3 Å². The number of aryl methyl sites for hydroxylation is 1. The van der Waals surface area contributed by atoms with Crippen LogP contribution >= 0.6 is 0 Å². The number of fused-ring (bicyclic) bond motifs is 5. The molecule has 3 aromatic carbocycles. The van der Waals surface area contributed by atoms with E-state index in [0.717, 1.165) is 35.6 Å². The molecule has 4 aliphatic rings. The normalized spacial score (nSPS) is 22.0. The van der Waals surface area contributed by atoms with Crippen molar-refractivity contribution >= 4 is 23.0 Å². The van der Waals surface area contributed by atoms with E-state index in [1.165, 1.54) is 73.5 Å². The molecule has 4 aromatic rings. The summed E-state index contributed by atoms with van der Waals surface area (Å²) in [5.74, 6) is 2.10. The van der Waals surface area contributed by atoms with Crippen molar-refractivity contribution in [2.24, 2.45) is 11.8 Å². The van der Waals surface area contributed by atoms with E-state index in [9.17, 15) is 9.59 Å². The van der Waals surface area contributed by atoms with Crippen LogP contribution in [0.4, 0.5) is 4.79 Å². The number of benzene rings is 3. The average molecular weight is 617 g/mol. The van der Waals surface area contributed by atoms with Gasteiger partial charge in [-0.25, -0.2) is 9.78 Å². The van der Waals surface area contributed by atoms with Gasteiger partial charge in [0, 0.05) is 6.54 Å². The molecule has 1 saturated carbocycles. The standard InChI is InChI=1S/C39H44N4O3/c1-21(2)36(42-39(45)46-4)38(44)43-18-6-9-34(43)37-40-32-17-12-24(20-33(32)41-37)26-15-16-30(35-27-14-11-23(27)19-31(26)35)29-13-10-22(3)25-7-5-8-28(25)29/h10,12-13,15-17,20-21,23,27,34,36H,5-9,11,14,18-19H2,1-4H3,(H,40,41)(H,42,45)/t23?,27?,34?,36-/m0/s1. The van der Waals surface area contributed by atoms with Gasteiger partial charge in [0.2, 0.25) is 5.91 Å². The predicted octanol–water partition coefficient (Wildman–Crippen LogP) is 7.79. The first-order valence-corrected chi connectivity index (χ1v) is 17.2. The zero-order valence-corrected chi connectivity index (χ0v) is 27.4. The second-order valence-electron chi connectivity index (χ2n) is 14.3. The van der Waals surface area contributed by atoms with Crippen molar-refractivity contribution in [1.82, 2.24) is 20.2 Å². The fourth-order valence-electron chi connectivity index (χ4n) is 8.95. The van der Waals surface area contributed by atoms with Crippen LogP contribution in [0.5, 0.6) is 0 Å². The molecule has 2 amide bonds. The first-order valence-electron chi connectivity index (χ1n) is 17.2. The number of likely N-dealkylation sites (tertiary alicyclic amines) is 1. The highest BCUT2D eigenvalue weighted by atomic mass is 16.5. The summed E-state index contributed by atoms with van der Waals surface area (Å²) in [6.45, 7) is 6.79. The maximum absolute atomic E-state index is 13.7. The number of H-pyrrole nitrogens is 1. The number of carbonyl (C=O) groups is 2. The predicted molar refractivity (Wildman–Crippen MR) is 181 cm³/mol. The number of aromatic amines is 1. The number of alkyl carbamates (subject to hydrolysis) is 1. The van der Waals surface area contributed by atoms with Crippen LogP contribution in [0.15, 0.2) is 42.5 Å². The lowest BCUT2D eigenvalue weighted by molar-refractivity contribution is -0.135. The number of carbonyl (C=O) groups excluding carboxylic acids is 2. The van der Waals surface area contributed by atoms with Crippen LogP contribution in [0.2, 0.25) is 0 Å². The van der Waals surface area contributed by atoms with Crippen molar-refractivity contribution in [2.45, 2.75) is 90.1 Å². The number of ether oxygens (including phenoxy) is 1. The first-order chi connectivity index (χ1) is 22.3. The zero-order chi connectivity index (χ0) is 31.7. The number of aromatic nitrogens is 2. The van der Waals surface area contributed by atoms with Gasteiger partial charge in [-0.3, -0.25) is 4.79 Å². The van der Waals surface area contributed by atoms with Gasteiger partial charge in [-0.15, -0.1) is 0 Å². The molecule has 1 saturated heterocycles. The van der Waals surface area contributed by atoms with Gasteiger partial charge in [0.15, 0.2) is 0 Å². The minimum absolute atomic E-state index is 0.0682. The van der Waals surface area contributed by atoms with Crippen molar-refractivity contribution in [3.8, 4) is 22.3 Å². The summed E-state index contributed by atoms with van der Waals surface area (Å²) >= 11 is 0. The lowest BCUT2D eigenvalue weighted by Crippen LogP contribution is -2.51. The molecule has 4 atom stereocenters. The van der Waals surface area contributed by atoms with Crippen molar-refractivity contribution in [3.05, 3.63) is 76.1 Å². The third kappa shape index (κ3) is 4.65. The second kappa shape index (κ2) is 11.3. The number of nitrogens with one attached hydrogen (secondary N) is 2. The van der Waals surface area contributed by atoms with Gasteiger partial charge in [-0.2, -0.15) is 0 Å². The van der Waals surface area contributed by atoms with Gasteiger partial charge in [-0.1, -0.05) is 44.2 Å². The smallest absolute Gasteiger partial charge is 0.407 e. The summed E-state index contributed by atoms with van der Waals surface area (Å²) in [7, 11) is 1.32. The Morgan fingerprint density at radius 3 is 2.54 bits per heavy atom. The van der Waals surface area contributed by atoms with Crippen LogP contribution < -0.4 is 5.32 Å². The van der Waals surface area contributed by atoms with E-state index < -0.39 is 12.1 Å².